The first-order valence-electron chi connectivity index (χ1n) is 4.49. The predicted molar refractivity (Wildman–Crippen MR) is 60.5 cm³/mol. The van der Waals surface area contributed by atoms with Crippen molar-refractivity contribution in [3.8, 4) is 5.75 Å². The van der Waals surface area contributed by atoms with Gasteiger partial charge in [-0.2, -0.15) is 0 Å². The molecule has 0 heterocycles. The van der Waals surface area contributed by atoms with Crippen molar-refractivity contribution >= 4 is 23.2 Å². The molecule has 1 aromatic rings. The molecule has 0 unspecified atom stereocenters. The Morgan fingerprint density at radius 3 is 2.22 bits per heavy atom. The zero-order valence-corrected chi connectivity index (χ0v) is 9.56. The summed E-state index contributed by atoms with van der Waals surface area (Å²) in [5.74, 6) is -1.01. The lowest BCUT2D eigenvalue weighted by Gasteiger charge is -2.09. The van der Waals surface area contributed by atoms with Crippen LogP contribution < -0.4 is 21.3 Å². The van der Waals surface area contributed by atoms with Crippen LogP contribution in [0.3, 0.4) is 0 Å². The zero-order valence-electron chi connectivity index (χ0n) is 8.75. The molecule has 0 radical (unpaired) electrons. The molecule has 0 aromatic heterocycles. The SMILES string of the molecule is NC(=S)NNC(=O)c1ccc(OC(F)(F)F)cc1. The normalized spacial score (nSPS) is 10.6. The molecular weight excluding hydrogens is 271 g/mol. The molecule has 1 aromatic carbocycles. The second-order valence-corrected chi connectivity index (χ2v) is 3.46. The van der Waals surface area contributed by atoms with E-state index in [2.05, 4.69) is 27.8 Å². The summed E-state index contributed by atoms with van der Waals surface area (Å²) in [7, 11) is 0. The lowest BCUT2D eigenvalue weighted by atomic mass is 10.2. The van der Waals surface area contributed by atoms with E-state index >= 15 is 0 Å². The molecule has 5 nitrogen and oxygen atoms in total. The summed E-state index contributed by atoms with van der Waals surface area (Å²) in [4.78, 5) is 11.4. The van der Waals surface area contributed by atoms with E-state index in [-0.39, 0.29) is 10.7 Å². The van der Waals surface area contributed by atoms with Crippen LogP contribution >= 0.6 is 12.2 Å². The van der Waals surface area contributed by atoms with Gasteiger partial charge in [-0.15, -0.1) is 13.2 Å². The minimum atomic E-state index is -4.77. The van der Waals surface area contributed by atoms with E-state index in [0.29, 0.717) is 0 Å². The van der Waals surface area contributed by atoms with Crippen LogP contribution in [-0.4, -0.2) is 17.4 Å². The Morgan fingerprint density at radius 2 is 1.78 bits per heavy atom. The van der Waals surface area contributed by atoms with Crippen LogP contribution in [0.4, 0.5) is 13.2 Å². The predicted octanol–water partition coefficient (Wildman–Crippen LogP) is 1.06. The largest absolute Gasteiger partial charge is 0.573 e. The summed E-state index contributed by atoms with van der Waals surface area (Å²) < 4.78 is 39.3. The van der Waals surface area contributed by atoms with Crippen LogP contribution in [0.1, 0.15) is 10.4 Å². The fourth-order valence-corrected chi connectivity index (χ4v) is 1.05. The Labute approximate surface area is 105 Å². The molecule has 0 saturated carbocycles. The van der Waals surface area contributed by atoms with Crippen LogP contribution in [0.5, 0.6) is 5.75 Å². The average Bonchev–Trinajstić information content (AvgIpc) is 2.24. The standard InChI is InChI=1S/C9H8F3N3O2S/c10-9(11,12)17-6-3-1-5(2-4-6)7(16)14-15-8(13)18/h1-4H,(H,14,16)(H3,13,15,18). The van der Waals surface area contributed by atoms with Gasteiger partial charge in [0.2, 0.25) is 0 Å². The van der Waals surface area contributed by atoms with Crippen molar-refractivity contribution in [2.75, 3.05) is 0 Å². The Kier molecular flexibility index (Phi) is 4.32. The lowest BCUT2D eigenvalue weighted by Crippen LogP contribution is -2.44. The molecule has 0 fully saturated rings. The van der Waals surface area contributed by atoms with Crippen molar-refractivity contribution in [3.05, 3.63) is 29.8 Å². The van der Waals surface area contributed by atoms with Gasteiger partial charge in [-0.05, 0) is 36.5 Å². The third kappa shape index (κ3) is 4.87. The number of rotatable bonds is 2. The number of hydrogen-bond acceptors (Lipinski definition) is 3. The number of carbonyl (C=O) groups is 1. The van der Waals surface area contributed by atoms with Gasteiger partial charge >= 0.3 is 6.36 Å². The maximum atomic E-state index is 11.9. The summed E-state index contributed by atoms with van der Waals surface area (Å²) >= 11 is 4.45. The smallest absolute Gasteiger partial charge is 0.406 e. The monoisotopic (exact) mass is 279 g/mol. The first kappa shape index (κ1) is 14.0. The number of benzene rings is 1. The Balaban J connectivity index is 2.65. The average molecular weight is 279 g/mol. The molecule has 0 aliphatic rings. The van der Waals surface area contributed by atoms with E-state index < -0.39 is 18.0 Å². The van der Waals surface area contributed by atoms with Gasteiger partial charge in [0.25, 0.3) is 5.91 Å². The van der Waals surface area contributed by atoms with Gasteiger partial charge in [-0.1, -0.05) is 0 Å². The molecule has 0 saturated heterocycles. The molecule has 0 bridgehead atoms. The highest BCUT2D eigenvalue weighted by atomic mass is 32.1. The summed E-state index contributed by atoms with van der Waals surface area (Å²) in [5.41, 5.74) is 9.53. The number of nitrogens with two attached hydrogens (primary N) is 1. The van der Waals surface area contributed by atoms with E-state index in [1.165, 1.54) is 0 Å². The van der Waals surface area contributed by atoms with Gasteiger partial charge in [0.1, 0.15) is 5.75 Å². The number of alkyl halides is 3. The molecule has 4 N–H and O–H groups in total. The maximum absolute atomic E-state index is 11.9. The molecule has 18 heavy (non-hydrogen) atoms. The van der Waals surface area contributed by atoms with E-state index in [1.807, 2.05) is 0 Å². The van der Waals surface area contributed by atoms with Crippen molar-refractivity contribution in [2.24, 2.45) is 5.73 Å². The Morgan fingerprint density at radius 1 is 1.22 bits per heavy atom. The number of halogens is 3. The van der Waals surface area contributed by atoms with Crippen LogP contribution in [-0.2, 0) is 0 Å². The van der Waals surface area contributed by atoms with Crippen LogP contribution in [0.15, 0.2) is 24.3 Å². The van der Waals surface area contributed by atoms with Crippen LogP contribution in [0.2, 0.25) is 0 Å². The third-order valence-corrected chi connectivity index (χ3v) is 1.75. The third-order valence-electron chi connectivity index (χ3n) is 1.65. The molecule has 0 aliphatic carbocycles. The lowest BCUT2D eigenvalue weighted by molar-refractivity contribution is -0.274. The second kappa shape index (κ2) is 5.54. The molecule has 1 rings (SSSR count). The van der Waals surface area contributed by atoms with E-state index in [9.17, 15) is 18.0 Å². The van der Waals surface area contributed by atoms with Crippen molar-refractivity contribution in [2.45, 2.75) is 6.36 Å². The molecule has 0 aliphatic heterocycles. The van der Waals surface area contributed by atoms with Crippen molar-refractivity contribution in [1.29, 1.82) is 0 Å². The van der Waals surface area contributed by atoms with Crippen molar-refractivity contribution in [1.82, 2.24) is 10.9 Å². The van der Waals surface area contributed by atoms with Gasteiger partial charge in [0.05, 0.1) is 0 Å². The van der Waals surface area contributed by atoms with Crippen molar-refractivity contribution in [3.63, 3.8) is 0 Å². The van der Waals surface area contributed by atoms with Crippen molar-refractivity contribution < 1.29 is 22.7 Å². The molecule has 1 amide bonds. The number of hydrogen-bond donors (Lipinski definition) is 3. The van der Waals surface area contributed by atoms with Gasteiger partial charge in [0.15, 0.2) is 5.11 Å². The fourth-order valence-electron chi connectivity index (χ4n) is 0.999. The zero-order chi connectivity index (χ0) is 13.8. The highest BCUT2D eigenvalue weighted by Gasteiger charge is 2.31. The van der Waals surface area contributed by atoms with Crippen LogP contribution in [0, 0.1) is 0 Å². The fraction of sp³-hybridized carbons (Fsp3) is 0.111. The summed E-state index contributed by atoms with van der Waals surface area (Å²) in [6.45, 7) is 0. The van der Waals surface area contributed by atoms with Crippen LogP contribution in [0.25, 0.3) is 0 Å². The Hall–Kier alpha value is -2.03. The molecule has 9 heteroatoms. The number of amides is 1. The number of nitrogens with one attached hydrogen (secondary N) is 2. The minimum Gasteiger partial charge on any atom is -0.406 e. The Bertz CT molecular complexity index is 447. The number of carbonyl (C=O) groups excluding carboxylic acids is 1. The first-order chi connectivity index (χ1) is 8.28. The van der Waals surface area contributed by atoms with E-state index in [0.717, 1.165) is 24.3 Å². The summed E-state index contributed by atoms with van der Waals surface area (Å²) in [5, 5.41) is -0.139. The number of thiocarbonyl (C=S) groups is 1. The quantitative estimate of drug-likeness (QED) is 0.557. The van der Waals surface area contributed by atoms with Gasteiger partial charge in [-0.3, -0.25) is 15.6 Å². The van der Waals surface area contributed by atoms with Gasteiger partial charge in [0, 0.05) is 5.56 Å². The highest BCUT2D eigenvalue weighted by Crippen LogP contribution is 2.22. The number of hydrazine groups is 1. The maximum Gasteiger partial charge on any atom is 0.573 e. The minimum absolute atomic E-state index is 0.119. The first-order valence-corrected chi connectivity index (χ1v) is 4.90. The highest BCUT2D eigenvalue weighted by molar-refractivity contribution is 7.80. The topological polar surface area (TPSA) is 76.4 Å². The van der Waals surface area contributed by atoms with E-state index in [1.54, 1.807) is 0 Å². The van der Waals surface area contributed by atoms with E-state index in [4.69, 9.17) is 5.73 Å². The van der Waals surface area contributed by atoms with Gasteiger partial charge in [-0.25, -0.2) is 0 Å². The molecule has 98 valence electrons. The number of ether oxygens (including phenoxy) is 1. The second-order valence-electron chi connectivity index (χ2n) is 3.02. The molecule has 0 atom stereocenters. The molecule has 0 spiro atoms. The summed E-state index contributed by atoms with van der Waals surface area (Å²) in [6.07, 6.45) is -4.77. The molecular formula is C9H8F3N3O2S. The van der Waals surface area contributed by atoms with Gasteiger partial charge < -0.3 is 10.5 Å². The summed E-state index contributed by atoms with van der Waals surface area (Å²) in [6, 6.07) is 4.36.